The molecule has 1 amide bonds. The number of thiophene rings is 1. The third-order valence-corrected chi connectivity index (χ3v) is 8.34. The number of fused-ring (bicyclic) bond motifs is 1. The van der Waals surface area contributed by atoms with Crippen LogP contribution in [0.5, 0.6) is 5.75 Å². The minimum absolute atomic E-state index is 0.0308. The summed E-state index contributed by atoms with van der Waals surface area (Å²) in [5.41, 5.74) is 0.518. The minimum Gasteiger partial charge on any atom is -0.497 e. The molecule has 0 aliphatic heterocycles. The first kappa shape index (κ1) is 21.1. The summed E-state index contributed by atoms with van der Waals surface area (Å²) in [7, 11) is -2.20. The van der Waals surface area contributed by atoms with Gasteiger partial charge in [0.15, 0.2) is 9.84 Å². The molecule has 7 heteroatoms. The smallest absolute Gasteiger partial charge is 0.251 e. The first-order valence-electron chi connectivity index (χ1n) is 9.68. The van der Waals surface area contributed by atoms with Gasteiger partial charge in [0, 0.05) is 17.0 Å². The van der Waals surface area contributed by atoms with Gasteiger partial charge in [0.1, 0.15) is 11.0 Å². The van der Waals surface area contributed by atoms with E-state index in [1.165, 1.54) is 30.6 Å². The highest BCUT2D eigenvalue weighted by Crippen LogP contribution is 2.32. The van der Waals surface area contributed by atoms with Crippen LogP contribution in [0.2, 0.25) is 0 Å². The summed E-state index contributed by atoms with van der Waals surface area (Å²) in [6, 6.07) is 23.0. The molecule has 1 unspecified atom stereocenters. The van der Waals surface area contributed by atoms with Crippen molar-refractivity contribution in [1.29, 1.82) is 0 Å². The number of methoxy groups -OCH3 is 1. The standard InChI is InChI=1S/C24H21NO4S2/c1-29-18-11-13-19(14-12-18)31(27,28)23(22-10-5-15-30-22)16-25-24(26)21-9-4-7-17-6-2-3-8-20(17)21/h2-15,23H,16H2,1H3,(H,25,26). The van der Waals surface area contributed by atoms with Crippen LogP contribution in [0.1, 0.15) is 20.5 Å². The van der Waals surface area contributed by atoms with E-state index in [0.29, 0.717) is 16.2 Å². The lowest BCUT2D eigenvalue weighted by atomic mass is 10.0. The maximum atomic E-state index is 13.4. The summed E-state index contributed by atoms with van der Waals surface area (Å²) in [6.45, 7) is -0.0308. The van der Waals surface area contributed by atoms with Gasteiger partial charge >= 0.3 is 0 Å². The molecule has 5 nitrogen and oxygen atoms in total. The van der Waals surface area contributed by atoms with E-state index in [0.717, 1.165) is 10.8 Å². The van der Waals surface area contributed by atoms with E-state index in [2.05, 4.69) is 5.32 Å². The lowest BCUT2D eigenvalue weighted by Gasteiger charge is -2.18. The quantitative estimate of drug-likeness (QED) is 0.436. The molecule has 1 N–H and O–H groups in total. The predicted octanol–water partition coefficient (Wildman–Crippen LogP) is 4.85. The Balaban J connectivity index is 1.62. The summed E-state index contributed by atoms with van der Waals surface area (Å²) in [4.78, 5) is 13.8. The number of hydrogen-bond acceptors (Lipinski definition) is 5. The van der Waals surface area contributed by atoms with Gasteiger partial charge in [-0.1, -0.05) is 42.5 Å². The van der Waals surface area contributed by atoms with Crippen molar-refractivity contribution in [2.45, 2.75) is 10.1 Å². The predicted molar refractivity (Wildman–Crippen MR) is 124 cm³/mol. The van der Waals surface area contributed by atoms with Crippen LogP contribution in [0.3, 0.4) is 0 Å². The molecule has 1 atom stereocenters. The lowest BCUT2D eigenvalue weighted by Crippen LogP contribution is -2.31. The van der Waals surface area contributed by atoms with Gasteiger partial charge in [0.25, 0.3) is 5.91 Å². The largest absolute Gasteiger partial charge is 0.497 e. The first-order valence-corrected chi connectivity index (χ1v) is 12.1. The molecule has 158 valence electrons. The second kappa shape index (κ2) is 8.91. The van der Waals surface area contributed by atoms with E-state index in [9.17, 15) is 13.2 Å². The van der Waals surface area contributed by atoms with Crippen LogP contribution < -0.4 is 10.1 Å². The van der Waals surface area contributed by atoms with E-state index in [4.69, 9.17) is 4.74 Å². The molecular formula is C24H21NO4S2. The maximum Gasteiger partial charge on any atom is 0.251 e. The fourth-order valence-electron chi connectivity index (χ4n) is 3.47. The maximum absolute atomic E-state index is 13.4. The molecule has 31 heavy (non-hydrogen) atoms. The van der Waals surface area contributed by atoms with E-state index >= 15 is 0 Å². The van der Waals surface area contributed by atoms with Crippen LogP contribution in [0.4, 0.5) is 0 Å². The number of nitrogens with one attached hydrogen (secondary N) is 1. The average molecular weight is 452 g/mol. The number of rotatable bonds is 7. The van der Waals surface area contributed by atoms with Crippen LogP contribution in [-0.2, 0) is 9.84 Å². The summed E-state index contributed by atoms with van der Waals surface area (Å²) < 4.78 is 31.9. The first-order chi connectivity index (χ1) is 15.0. The highest BCUT2D eigenvalue weighted by molar-refractivity contribution is 7.91. The van der Waals surface area contributed by atoms with E-state index in [1.54, 1.807) is 24.3 Å². The molecule has 4 rings (SSSR count). The molecule has 4 aromatic rings. The van der Waals surface area contributed by atoms with Gasteiger partial charge in [-0.2, -0.15) is 0 Å². The van der Waals surface area contributed by atoms with Crippen LogP contribution in [-0.4, -0.2) is 28.0 Å². The second-order valence-corrected chi connectivity index (χ2v) is 10.1. The second-order valence-electron chi connectivity index (χ2n) is 6.96. The van der Waals surface area contributed by atoms with Crippen LogP contribution in [0.25, 0.3) is 10.8 Å². The number of amides is 1. The molecule has 0 saturated carbocycles. The van der Waals surface area contributed by atoms with E-state index < -0.39 is 15.1 Å². The molecule has 3 aromatic carbocycles. The topological polar surface area (TPSA) is 72.5 Å². The SMILES string of the molecule is COc1ccc(S(=O)(=O)C(CNC(=O)c2cccc3ccccc23)c2cccs2)cc1. The van der Waals surface area contributed by atoms with Crippen molar-refractivity contribution in [2.24, 2.45) is 0 Å². The molecule has 0 aliphatic carbocycles. The Morgan fingerprint density at radius 1 is 0.968 bits per heavy atom. The van der Waals surface area contributed by atoms with Gasteiger partial charge in [0.05, 0.1) is 12.0 Å². The van der Waals surface area contributed by atoms with Gasteiger partial charge < -0.3 is 10.1 Å². The Morgan fingerprint density at radius 2 is 1.71 bits per heavy atom. The third kappa shape index (κ3) is 4.33. The normalized spacial score (nSPS) is 12.4. The van der Waals surface area contributed by atoms with Crippen LogP contribution in [0, 0.1) is 0 Å². The third-order valence-electron chi connectivity index (χ3n) is 5.11. The van der Waals surface area contributed by atoms with Crippen molar-refractivity contribution in [1.82, 2.24) is 5.32 Å². The Morgan fingerprint density at radius 3 is 2.42 bits per heavy atom. The highest BCUT2D eigenvalue weighted by atomic mass is 32.2. The van der Waals surface area contributed by atoms with Crippen LogP contribution >= 0.6 is 11.3 Å². The van der Waals surface area contributed by atoms with Crippen molar-refractivity contribution in [3.8, 4) is 5.75 Å². The van der Waals surface area contributed by atoms with Crippen molar-refractivity contribution in [3.63, 3.8) is 0 Å². The zero-order chi connectivity index (χ0) is 21.8. The van der Waals surface area contributed by atoms with Crippen molar-refractivity contribution >= 4 is 37.9 Å². The average Bonchev–Trinajstić information content (AvgIpc) is 3.33. The number of hydrogen-bond donors (Lipinski definition) is 1. The van der Waals surface area contributed by atoms with Crippen molar-refractivity contribution < 1.29 is 17.9 Å². The Bertz CT molecular complexity index is 1290. The Hall–Kier alpha value is -3.16. The van der Waals surface area contributed by atoms with Gasteiger partial charge in [0.2, 0.25) is 0 Å². The summed E-state index contributed by atoms with van der Waals surface area (Å²) in [5.74, 6) is 0.277. The number of carbonyl (C=O) groups excluding carboxylic acids is 1. The molecule has 0 aliphatic rings. The molecule has 1 aromatic heterocycles. The van der Waals surface area contributed by atoms with Crippen LogP contribution in [0.15, 0.2) is 89.1 Å². The zero-order valence-electron chi connectivity index (χ0n) is 16.8. The van der Waals surface area contributed by atoms with Crippen molar-refractivity contribution in [2.75, 3.05) is 13.7 Å². The monoisotopic (exact) mass is 451 g/mol. The molecule has 0 fully saturated rings. The molecule has 1 heterocycles. The van der Waals surface area contributed by atoms with E-state index in [-0.39, 0.29) is 17.3 Å². The summed E-state index contributed by atoms with van der Waals surface area (Å²) in [5, 5.41) is 5.57. The number of sulfone groups is 1. The summed E-state index contributed by atoms with van der Waals surface area (Å²) in [6.07, 6.45) is 0. The van der Waals surface area contributed by atoms with Crippen molar-refractivity contribution in [3.05, 3.63) is 94.7 Å². The van der Waals surface area contributed by atoms with Gasteiger partial charge in [-0.3, -0.25) is 4.79 Å². The van der Waals surface area contributed by atoms with Gasteiger partial charge in [-0.25, -0.2) is 8.42 Å². The Labute approximate surface area is 185 Å². The lowest BCUT2D eigenvalue weighted by molar-refractivity contribution is 0.0955. The molecular weight excluding hydrogens is 430 g/mol. The zero-order valence-corrected chi connectivity index (χ0v) is 18.4. The Kier molecular flexibility index (Phi) is 6.06. The molecule has 0 saturated heterocycles. The highest BCUT2D eigenvalue weighted by Gasteiger charge is 2.30. The van der Waals surface area contributed by atoms with Gasteiger partial charge in [-0.15, -0.1) is 11.3 Å². The fourth-order valence-corrected chi connectivity index (χ4v) is 6.26. The number of ether oxygens (including phenoxy) is 1. The number of carbonyl (C=O) groups is 1. The summed E-state index contributed by atoms with van der Waals surface area (Å²) >= 11 is 1.36. The minimum atomic E-state index is -3.73. The molecule has 0 bridgehead atoms. The number of benzene rings is 3. The molecule has 0 radical (unpaired) electrons. The molecule has 0 spiro atoms. The van der Waals surface area contributed by atoms with Gasteiger partial charge in [-0.05, 0) is 52.6 Å². The van der Waals surface area contributed by atoms with E-state index in [1.807, 2.05) is 47.8 Å². The fraction of sp³-hybridized carbons (Fsp3) is 0.125.